The highest BCUT2D eigenvalue weighted by Gasteiger charge is 2.20. The summed E-state index contributed by atoms with van der Waals surface area (Å²) in [5.41, 5.74) is 2.96. The minimum Gasteiger partial charge on any atom is -0.408 e. The van der Waals surface area contributed by atoms with Crippen molar-refractivity contribution in [2.75, 3.05) is 5.32 Å². The first kappa shape index (κ1) is 21.3. The van der Waals surface area contributed by atoms with Crippen molar-refractivity contribution in [1.82, 2.24) is 19.5 Å². The molecule has 4 aromatic heterocycles. The largest absolute Gasteiger partial charge is 0.417 e. The van der Waals surface area contributed by atoms with Crippen LogP contribution in [0.1, 0.15) is 35.0 Å². The minimum absolute atomic E-state index is 0.121. The summed E-state index contributed by atoms with van der Waals surface area (Å²) in [6.07, 6.45) is 3.41. The number of aromatic amines is 1. The Balaban J connectivity index is 1.41. The Hall–Kier alpha value is -3.57. The van der Waals surface area contributed by atoms with Gasteiger partial charge in [0.25, 0.3) is 11.5 Å². The number of anilines is 1. The standard InChI is InChI=1S/C22H19N5O4S2/c1-3-4-7-27-10-23-19-16(20(27)29)11(2)17(33-19)18(28)26-21-24-14(9-32-21)12-5-6-13-15(8-12)31-22(30)25-13/h5-6,8-10H,3-4,7H2,1-2H3,(H,25,30)(H,24,26,28). The molecule has 168 valence electrons. The van der Waals surface area contributed by atoms with Crippen molar-refractivity contribution in [3.63, 3.8) is 0 Å². The monoisotopic (exact) mass is 481 g/mol. The van der Waals surface area contributed by atoms with Crippen molar-refractivity contribution in [2.45, 2.75) is 33.2 Å². The minimum atomic E-state index is -0.515. The molecule has 0 saturated carbocycles. The first-order chi connectivity index (χ1) is 15.9. The maximum Gasteiger partial charge on any atom is 0.417 e. The highest BCUT2D eigenvalue weighted by atomic mass is 32.1. The summed E-state index contributed by atoms with van der Waals surface area (Å²) in [6.45, 7) is 4.44. The second-order valence-corrected chi connectivity index (χ2v) is 9.41. The Bertz CT molecular complexity index is 1620. The third-order valence-electron chi connectivity index (χ3n) is 5.32. The van der Waals surface area contributed by atoms with Crippen LogP contribution in [0.15, 0.2) is 43.9 Å². The predicted molar refractivity (Wildman–Crippen MR) is 129 cm³/mol. The molecule has 9 nitrogen and oxygen atoms in total. The number of aryl methyl sites for hydroxylation is 2. The van der Waals surface area contributed by atoms with E-state index in [4.69, 9.17) is 4.42 Å². The molecule has 0 fully saturated rings. The molecule has 11 heteroatoms. The van der Waals surface area contributed by atoms with E-state index in [0.717, 1.165) is 18.4 Å². The summed E-state index contributed by atoms with van der Waals surface area (Å²) >= 11 is 2.49. The quantitative estimate of drug-likeness (QED) is 0.371. The Morgan fingerprint density at radius 3 is 2.97 bits per heavy atom. The molecule has 0 aliphatic heterocycles. The van der Waals surface area contributed by atoms with Crippen LogP contribution in [0, 0.1) is 6.92 Å². The van der Waals surface area contributed by atoms with Gasteiger partial charge in [-0.3, -0.25) is 24.5 Å². The molecule has 33 heavy (non-hydrogen) atoms. The van der Waals surface area contributed by atoms with Crippen molar-refractivity contribution < 1.29 is 9.21 Å². The number of thiophene rings is 1. The number of hydrogen-bond donors (Lipinski definition) is 2. The van der Waals surface area contributed by atoms with Crippen molar-refractivity contribution >= 4 is 55.0 Å². The molecule has 0 atom stereocenters. The maximum absolute atomic E-state index is 13.0. The van der Waals surface area contributed by atoms with E-state index >= 15 is 0 Å². The Morgan fingerprint density at radius 2 is 2.15 bits per heavy atom. The third kappa shape index (κ3) is 3.89. The zero-order valence-corrected chi connectivity index (χ0v) is 19.4. The number of rotatable bonds is 6. The summed E-state index contributed by atoms with van der Waals surface area (Å²) in [6, 6.07) is 5.28. The maximum atomic E-state index is 13.0. The number of carbonyl (C=O) groups excluding carboxylic acids is 1. The number of thiazole rings is 1. The Kier molecular flexibility index (Phi) is 5.43. The van der Waals surface area contributed by atoms with Crippen LogP contribution in [0.5, 0.6) is 0 Å². The van der Waals surface area contributed by atoms with Gasteiger partial charge in [-0.25, -0.2) is 14.8 Å². The van der Waals surface area contributed by atoms with Gasteiger partial charge in [-0.05, 0) is 31.0 Å². The van der Waals surface area contributed by atoms with E-state index in [9.17, 15) is 14.4 Å². The van der Waals surface area contributed by atoms with Crippen LogP contribution in [0.4, 0.5) is 5.13 Å². The molecule has 0 spiro atoms. The molecule has 5 rings (SSSR count). The number of unbranched alkanes of at least 4 members (excludes halogenated alkanes) is 1. The second-order valence-electron chi connectivity index (χ2n) is 7.55. The zero-order valence-electron chi connectivity index (χ0n) is 17.8. The van der Waals surface area contributed by atoms with E-state index < -0.39 is 5.76 Å². The van der Waals surface area contributed by atoms with Crippen molar-refractivity contribution in [1.29, 1.82) is 0 Å². The highest BCUT2D eigenvalue weighted by molar-refractivity contribution is 7.21. The number of aromatic nitrogens is 4. The first-order valence-corrected chi connectivity index (χ1v) is 12.0. The number of fused-ring (bicyclic) bond motifs is 2. The SMILES string of the molecule is CCCCn1cnc2sc(C(=O)Nc3nc(-c4ccc5[nH]c(=O)oc5c4)cs3)c(C)c2c1=O. The molecule has 1 amide bonds. The second kappa shape index (κ2) is 8.41. The van der Waals surface area contributed by atoms with Crippen molar-refractivity contribution in [3.8, 4) is 11.3 Å². The van der Waals surface area contributed by atoms with Crippen LogP contribution >= 0.6 is 22.7 Å². The average molecular weight is 482 g/mol. The van der Waals surface area contributed by atoms with Gasteiger partial charge in [-0.2, -0.15) is 0 Å². The molecule has 0 radical (unpaired) electrons. The van der Waals surface area contributed by atoms with E-state index in [0.29, 0.717) is 49.1 Å². The predicted octanol–water partition coefficient (Wildman–Crippen LogP) is 4.38. The van der Waals surface area contributed by atoms with E-state index in [1.807, 2.05) is 11.4 Å². The number of carbonyl (C=O) groups is 1. The van der Waals surface area contributed by atoms with Gasteiger partial charge in [-0.15, -0.1) is 22.7 Å². The molecule has 5 aromatic rings. The van der Waals surface area contributed by atoms with E-state index in [1.54, 1.807) is 30.0 Å². The van der Waals surface area contributed by atoms with Gasteiger partial charge in [-0.1, -0.05) is 19.4 Å². The zero-order chi connectivity index (χ0) is 23.1. The number of benzene rings is 1. The smallest absolute Gasteiger partial charge is 0.408 e. The lowest BCUT2D eigenvalue weighted by atomic mass is 10.1. The van der Waals surface area contributed by atoms with Gasteiger partial charge >= 0.3 is 5.76 Å². The lowest BCUT2D eigenvalue weighted by Crippen LogP contribution is -2.20. The lowest BCUT2D eigenvalue weighted by Gasteiger charge is -2.03. The van der Waals surface area contributed by atoms with Crippen LogP contribution in [0.2, 0.25) is 0 Å². The molecule has 0 saturated heterocycles. The molecular weight excluding hydrogens is 462 g/mol. The summed E-state index contributed by atoms with van der Waals surface area (Å²) in [4.78, 5) is 49.7. The number of amides is 1. The average Bonchev–Trinajstić information content (AvgIpc) is 3.49. The van der Waals surface area contributed by atoms with E-state index in [1.165, 1.54) is 22.7 Å². The molecule has 0 bridgehead atoms. The Morgan fingerprint density at radius 1 is 1.30 bits per heavy atom. The van der Waals surface area contributed by atoms with Crippen LogP contribution in [-0.2, 0) is 6.54 Å². The fraction of sp³-hybridized carbons (Fsp3) is 0.227. The number of hydrogen-bond acceptors (Lipinski definition) is 8. The fourth-order valence-corrected chi connectivity index (χ4v) is 5.34. The number of nitrogens with one attached hydrogen (secondary N) is 2. The molecule has 0 aliphatic rings. The van der Waals surface area contributed by atoms with Crippen LogP contribution in [-0.4, -0.2) is 25.4 Å². The van der Waals surface area contributed by atoms with Gasteiger partial charge in [0, 0.05) is 17.5 Å². The lowest BCUT2D eigenvalue weighted by molar-refractivity contribution is 0.103. The van der Waals surface area contributed by atoms with Gasteiger partial charge in [0.05, 0.1) is 27.8 Å². The van der Waals surface area contributed by atoms with Gasteiger partial charge in [0.1, 0.15) is 4.83 Å². The third-order valence-corrected chi connectivity index (χ3v) is 7.27. The normalized spacial score (nSPS) is 11.5. The van der Waals surface area contributed by atoms with Gasteiger partial charge in [0.2, 0.25) is 0 Å². The molecular formula is C22H19N5O4S2. The number of nitrogens with zero attached hydrogens (tertiary/aromatic N) is 3. The molecule has 2 N–H and O–H groups in total. The number of oxazole rings is 1. The summed E-state index contributed by atoms with van der Waals surface area (Å²) < 4.78 is 6.70. The van der Waals surface area contributed by atoms with Crippen molar-refractivity contribution in [2.24, 2.45) is 0 Å². The fourth-order valence-electron chi connectivity index (χ4n) is 3.59. The number of H-pyrrole nitrogens is 1. The van der Waals surface area contributed by atoms with E-state index in [2.05, 4.69) is 27.2 Å². The van der Waals surface area contributed by atoms with Crippen molar-refractivity contribution in [3.05, 3.63) is 61.3 Å². The molecule has 0 unspecified atom stereocenters. The van der Waals surface area contributed by atoms with Gasteiger partial charge < -0.3 is 4.42 Å². The molecule has 0 aliphatic carbocycles. The Labute approximate surface area is 194 Å². The van der Waals surface area contributed by atoms with Crippen LogP contribution in [0.3, 0.4) is 0 Å². The summed E-state index contributed by atoms with van der Waals surface area (Å²) in [5, 5.41) is 5.55. The van der Waals surface area contributed by atoms with Crippen LogP contribution in [0.25, 0.3) is 32.6 Å². The molecule has 4 heterocycles. The highest BCUT2D eigenvalue weighted by Crippen LogP contribution is 2.30. The van der Waals surface area contributed by atoms with Crippen LogP contribution < -0.4 is 16.6 Å². The first-order valence-electron chi connectivity index (χ1n) is 10.3. The van der Waals surface area contributed by atoms with Gasteiger partial charge in [0.15, 0.2) is 10.7 Å². The summed E-state index contributed by atoms with van der Waals surface area (Å²) in [5.74, 6) is -0.846. The topological polar surface area (TPSA) is 123 Å². The molecule has 1 aromatic carbocycles. The van der Waals surface area contributed by atoms with E-state index in [-0.39, 0.29) is 11.5 Å². The summed E-state index contributed by atoms with van der Waals surface area (Å²) in [7, 11) is 0.